The highest BCUT2D eigenvalue weighted by atomic mass is 79.9. The molecule has 102 valence electrons. The zero-order valence-electron chi connectivity index (χ0n) is 11.3. The molecular formula is C14H14BrN5. The van der Waals surface area contributed by atoms with Crippen molar-refractivity contribution in [2.75, 3.05) is 5.32 Å². The van der Waals surface area contributed by atoms with Gasteiger partial charge in [0.25, 0.3) is 0 Å². The van der Waals surface area contributed by atoms with Gasteiger partial charge in [0, 0.05) is 31.4 Å². The van der Waals surface area contributed by atoms with Crippen LogP contribution in [0.1, 0.15) is 11.3 Å². The highest BCUT2D eigenvalue weighted by Crippen LogP contribution is 2.24. The summed E-state index contributed by atoms with van der Waals surface area (Å²) in [5.41, 5.74) is 4.01. The molecule has 0 atom stereocenters. The zero-order valence-corrected chi connectivity index (χ0v) is 12.8. The number of halogens is 1. The first-order valence-electron chi connectivity index (χ1n) is 6.27. The van der Waals surface area contributed by atoms with Crippen molar-refractivity contribution in [1.29, 1.82) is 0 Å². The third kappa shape index (κ3) is 2.38. The number of aryl methyl sites for hydroxylation is 2. The van der Waals surface area contributed by atoms with E-state index in [2.05, 4.69) is 42.4 Å². The second-order valence-electron chi connectivity index (χ2n) is 4.64. The van der Waals surface area contributed by atoms with Gasteiger partial charge in [0.2, 0.25) is 0 Å². The number of rotatable bonds is 3. The summed E-state index contributed by atoms with van der Waals surface area (Å²) in [6, 6.07) is 4.05. The molecule has 6 heteroatoms. The largest absolute Gasteiger partial charge is 0.380 e. The summed E-state index contributed by atoms with van der Waals surface area (Å²) in [4.78, 5) is 8.66. The summed E-state index contributed by atoms with van der Waals surface area (Å²) < 4.78 is 2.77. The van der Waals surface area contributed by atoms with Gasteiger partial charge in [-0.3, -0.25) is 9.67 Å². The van der Waals surface area contributed by atoms with Gasteiger partial charge in [0.05, 0.1) is 22.1 Å². The molecule has 0 aliphatic rings. The molecule has 5 nitrogen and oxygen atoms in total. The topological polar surface area (TPSA) is 55.6 Å². The van der Waals surface area contributed by atoms with Crippen molar-refractivity contribution in [2.45, 2.75) is 13.5 Å². The SMILES string of the molecule is Cc1nccc(NCc2cnc3c(cnn3C)c2)c1Br. The molecule has 3 rings (SSSR count). The lowest BCUT2D eigenvalue weighted by atomic mass is 10.2. The van der Waals surface area contributed by atoms with Crippen LogP contribution in [0.2, 0.25) is 0 Å². The Morgan fingerprint density at radius 2 is 2.15 bits per heavy atom. The molecule has 0 fully saturated rings. The highest BCUT2D eigenvalue weighted by molar-refractivity contribution is 9.10. The Kier molecular flexibility index (Phi) is 3.40. The number of hydrogen-bond donors (Lipinski definition) is 1. The molecule has 0 unspecified atom stereocenters. The maximum atomic E-state index is 4.43. The van der Waals surface area contributed by atoms with Crippen molar-refractivity contribution in [3.05, 3.63) is 46.5 Å². The summed E-state index contributed by atoms with van der Waals surface area (Å²) in [6.45, 7) is 2.68. The van der Waals surface area contributed by atoms with E-state index in [1.54, 1.807) is 10.9 Å². The minimum Gasteiger partial charge on any atom is -0.380 e. The van der Waals surface area contributed by atoms with Crippen LogP contribution in [0, 0.1) is 6.92 Å². The Morgan fingerprint density at radius 3 is 3.00 bits per heavy atom. The van der Waals surface area contributed by atoms with E-state index in [-0.39, 0.29) is 0 Å². The first kappa shape index (κ1) is 13.1. The van der Waals surface area contributed by atoms with Crippen LogP contribution in [-0.2, 0) is 13.6 Å². The van der Waals surface area contributed by atoms with Crippen molar-refractivity contribution in [2.24, 2.45) is 7.05 Å². The van der Waals surface area contributed by atoms with E-state index in [1.807, 2.05) is 32.4 Å². The minimum absolute atomic E-state index is 0.708. The standard InChI is InChI=1S/C14H14BrN5/c1-9-13(15)12(3-4-16-9)17-6-10-5-11-8-19-20(2)14(11)18-7-10/h3-5,7-8H,6H2,1-2H3,(H,16,17). The molecule has 0 aliphatic carbocycles. The number of nitrogens with zero attached hydrogens (tertiary/aromatic N) is 4. The average Bonchev–Trinajstić information content (AvgIpc) is 2.82. The highest BCUT2D eigenvalue weighted by Gasteiger charge is 2.05. The number of fused-ring (bicyclic) bond motifs is 1. The van der Waals surface area contributed by atoms with E-state index in [0.29, 0.717) is 6.54 Å². The first-order valence-corrected chi connectivity index (χ1v) is 7.06. The second kappa shape index (κ2) is 5.20. The van der Waals surface area contributed by atoms with E-state index >= 15 is 0 Å². The zero-order chi connectivity index (χ0) is 14.1. The Morgan fingerprint density at radius 1 is 1.30 bits per heavy atom. The average molecular weight is 332 g/mol. The van der Waals surface area contributed by atoms with Crippen LogP contribution in [0.25, 0.3) is 11.0 Å². The van der Waals surface area contributed by atoms with Gasteiger partial charge in [-0.05, 0) is 40.5 Å². The van der Waals surface area contributed by atoms with E-state index in [1.165, 1.54) is 0 Å². The molecule has 3 aromatic heterocycles. The maximum absolute atomic E-state index is 4.43. The van der Waals surface area contributed by atoms with Gasteiger partial charge in [0.15, 0.2) is 5.65 Å². The first-order chi connectivity index (χ1) is 9.65. The summed E-state index contributed by atoms with van der Waals surface area (Å²) >= 11 is 3.54. The summed E-state index contributed by atoms with van der Waals surface area (Å²) in [6.07, 6.45) is 5.50. The number of pyridine rings is 2. The smallest absolute Gasteiger partial charge is 0.157 e. The Bertz CT molecular complexity index is 765. The second-order valence-corrected chi connectivity index (χ2v) is 5.43. The number of hydrogen-bond acceptors (Lipinski definition) is 4. The van der Waals surface area contributed by atoms with Crippen LogP contribution in [0.4, 0.5) is 5.69 Å². The van der Waals surface area contributed by atoms with E-state index < -0.39 is 0 Å². The monoisotopic (exact) mass is 331 g/mol. The normalized spacial score (nSPS) is 10.9. The van der Waals surface area contributed by atoms with Gasteiger partial charge in [-0.1, -0.05) is 0 Å². The fourth-order valence-corrected chi connectivity index (χ4v) is 2.44. The van der Waals surface area contributed by atoms with Crippen LogP contribution < -0.4 is 5.32 Å². The quantitative estimate of drug-likeness (QED) is 0.801. The Hall–Kier alpha value is -1.95. The molecule has 20 heavy (non-hydrogen) atoms. The lowest BCUT2D eigenvalue weighted by molar-refractivity contribution is 0.786. The van der Waals surface area contributed by atoms with Gasteiger partial charge < -0.3 is 5.32 Å². The van der Waals surface area contributed by atoms with E-state index in [9.17, 15) is 0 Å². The molecule has 1 N–H and O–H groups in total. The molecule has 0 aromatic carbocycles. The third-order valence-corrected chi connectivity index (χ3v) is 4.18. The van der Waals surface area contributed by atoms with Crippen LogP contribution >= 0.6 is 15.9 Å². The lowest BCUT2D eigenvalue weighted by Crippen LogP contribution is -2.02. The molecule has 0 spiro atoms. The molecule has 3 heterocycles. The summed E-state index contributed by atoms with van der Waals surface area (Å²) in [5.74, 6) is 0. The van der Waals surface area contributed by atoms with Crippen molar-refractivity contribution in [1.82, 2.24) is 19.7 Å². The minimum atomic E-state index is 0.708. The predicted octanol–water partition coefficient (Wildman–Crippen LogP) is 3.05. The summed E-state index contributed by atoms with van der Waals surface area (Å²) in [7, 11) is 1.89. The van der Waals surface area contributed by atoms with E-state index in [0.717, 1.165) is 32.5 Å². The van der Waals surface area contributed by atoms with E-state index in [4.69, 9.17) is 0 Å². The van der Waals surface area contributed by atoms with Gasteiger partial charge >= 0.3 is 0 Å². The number of anilines is 1. The molecule has 0 radical (unpaired) electrons. The number of aromatic nitrogens is 4. The Balaban J connectivity index is 1.81. The molecule has 0 aliphatic heterocycles. The van der Waals surface area contributed by atoms with Gasteiger partial charge in [-0.2, -0.15) is 5.10 Å². The van der Waals surface area contributed by atoms with Gasteiger partial charge in [-0.25, -0.2) is 4.98 Å². The number of nitrogens with one attached hydrogen (secondary N) is 1. The van der Waals surface area contributed by atoms with Crippen LogP contribution in [0.3, 0.4) is 0 Å². The summed E-state index contributed by atoms with van der Waals surface area (Å²) in [5, 5.41) is 8.64. The molecule has 0 bridgehead atoms. The van der Waals surface area contributed by atoms with Crippen molar-refractivity contribution < 1.29 is 0 Å². The fourth-order valence-electron chi connectivity index (χ4n) is 2.07. The van der Waals surface area contributed by atoms with Crippen molar-refractivity contribution >= 4 is 32.7 Å². The molecule has 3 aromatic rings. The third-order valence-electron chi connectivity index (χ3n) is 3.17. The predicted molar refractivity (Wildman–Crippen MR) is 82.5 cm³/mol. The Labute approximate surface area is 125 Å². The van der Waals surface area contributed by atoms with Crippen LogP contribution in [0.5, 0.6) is 0 Å². The van der Waals surface area contributed by atoms with Gasteiger partial charge in [-0.15, -0.1) is 0 Å². The maximum Gasteiger partial charge on any atom is 0.157 e. The molecular weight excluding hydrogens is 318 g/mol. The lowest BCUT2D eigenvalue weighted by Gasteiger charge is -2.09. The molecule has 0 amide bonds. The molecule has 0 saturated heterocycles. The van der Waals surface area contributed by atoms with Crippen molar-refractivity contribution in [3.63, 3.8) is 0 Å². The molecule has 0 saturated carbocycles. The van der Waals surface area contributed by atoms with Crippen molar-refractivity contribution in [3.8, 4) is 0 Å². The van der Waals surface area contributed by atoms with Gasteiger partial charge in [0.1, 0.15) is 0 Å². The van der Waals surface area contributed by atoms with Crippen LogP contribution in [0.15, 0.2) is 35.2 Å². The fraction of sp³-hybridized carbons (Fsp3) is 0.214. The van der Waals surface area contributed by atoms with Crippen LogP contribution in [-0.4, -0.2) is 19.7 Å².